The van der Waals surface area contributed by atoms with Crippen molar-refractivity contribution in [3.8, 4) is 0 Å². The molecule has 2 atom stereocenters. The Morgan fingerprint density at radius 2 is 1.94 bits per heavy atom. The molecule has 0 aromatic carbocycles. The lowest BCUT2D eigenvalue weighted by molar-refractivity contribution is -0.142. The fraction of sp³-hybridized carbons (Fsp3) is 0.833. The highest BCUT2D eigenvalue weighted by Crippen LogP contribution is 2.28. The highest BCUT2D eigenvalue weighted by molar-refractivity contribution is 5.81. The maximum absolute atomic E-state index is 12.0. The van der Waals surface area contributed by atoms with Gasteiger partial charge in [0.1, 0.15) is 11.6 Å². The maximum atomic E-state index is 12.0. The van der Waals surface area contributed by atoms with Crippen LogP contribution in [-0.2, 0) is 9.53 Å². The zero-order chi connectivity index (χ0) is 13.2. The average molecular weight is 243 g/mol. The Hall–Kier alpha value is -1.26. The number of carboxylic acids is 1. The number of amides is 1. The van der Waals surface area contributed by atoms with Gasteiger partial charge in [-0.15, -0.1) is 0 Å². The Morgan fingerprint density at radius 3 is 2.35 bits per heavy atom. The third kappa shape index (κ3) is 3.35. The molecule has 1 saturated heterocycles. The molecule has 1 N–H and O–H groups in total. The zero-order valence-electron chi connectivity index (χ0n) is 10.9. The van der Waals surface area contributed by atoms with Crippen LogP contribution in [0.2, 0.25) is 0 Å². The minimum absolute atomic E-state index is 0.0223. The van der Waals surface area contributed by atoms with E-state index in [9.17, 15) is 9.59 Å². The number of rotatable bonds is 2. The van der Waals surface area contributed by atoms with Gasteiger partial charge in [-0.3, -0.25) is 4.90 Å². The molecule has 0 aromatic rings. The van der Waals surface area contributed by atoms with Crippen LogP contribution in [0.25, 0.3) is 0 Å². The molecule has 98 valence electrons. The van der Waals surface area contributed by atoms with E-state index in [1.54, 1.807) is 20.8 Å². The van der Waals surface area contributed by atoms with Crippen molar-refractivity contribution in [2.45, 2.75) is 64.6 Å². The van der Waals surface area contributed by atoms with Gasteiger partial charge in [-0.05, 0) is 40.0 Å². The topological polar surface area (TPSA) is 66.8 Å². The first-order chi connectivity index (χ1) is 7.76. The summed E-state index contributed by atoms with van der Waals surface area (Å²) in [7, 11) is 0. The van der Waals surface area contributed by atoms with Gasteiger partial charge in [0.2, 0.25) is 0 Å². The number of aliphatic carboxylic acids is 1. The molecule has 1 fully saturated rings. The van der Waals surface area contributed by atoms with Gasteiger partial charge in [0.15, 0.2) is 0 Å². The summed E-state index contributed by atoms with van der Waals surface area (Å²) >= 11 is 0. The molecule has 0 aromatic heterocycles. The first-order valence-corrected chi connectivity index (χ1v) is 6.00. The summed E-state index contributed by atoms with van der Waals surface area (Å²) < 4.78 is 5.26. The first-order valence-electron chi connectivity index (χ1n) is 6.00. The summed E-state index contributed by atoms with van der Waals surface area (Å²) in [6.45, 7) is 7.28. The molecule has 0 bridgehead atoms. The molecule has 17 heavy (non-hydrogen) atoms. The average Bonchev–Trinajstić information content (AvgIpc) is 2.57. The summed E-state index contributed by atoms with van der Waals surface area (Å²) in [6.07, 6.45) is 1.47. The number of hydrogen-bond donors (Lipinski definition) is 1. The fourth-order valence-electron chi connectivity index (χ4n) is 2.12. The molecule has 0 aliphatic carbocycles. The van der Waals surface area contributed by atoms with Crippen LogP contribution in [0.1, 0.15) is 47.0 Å². The van der Waals surface area contributed by atoms with Crippen molar-refractivity contribution >= 4 is 12.1 Å². The van der Waals surface area contributed by atoms with Crippen LogP contribution in [0.4, 0.5) is 4.79 Å². The molecule has 0 radical (unpaired) electrons. The standard InChI is InChI=1S/C12H21NO4/c1-5-8-6-7-9(10(14)15)13(8)11(16)17-12(2,3)4/h8-9H,5-7H2,1-4H3,(H,14,15)/t8-,9-/m1/s1. The highest BCUT2D eigenvalue weighted by Gasteiger charge is 2.41. The number of ether oxygens (including phenoxy) is 1. The van der Waals surface area contributed by atoms with Crippen LogP contribution in [0.5, 0.6) is 0 Å². The second-order valence-electron chi connectivity index (χ2n) is 5.38. The van der Waals surface area contributed by atoms with E-state index in [0.29, 0.717) is 6.42 Å². The summed E-state index contributed by atoms with van der Waals surface area (Å²) in [5.41, 5.74) is -0.596. The number of carbonyl (C=O) groups is 2. The van der Waals surface area contributed by atoms with E-state index in [2.05, 4.69) is 0 Å². The highest BCUT2D eigenvalue weighted by atomic mass is 16.6. The summed E-state index contributed by atoms with van der Waals surface area (Å²) in [6, 6.07) is -0.763. The Balaban J connectivity index is 2.82. The van der Waals surface area contributed by atoms with Crippen LogP contribution in [0, 0.1) is 0 Å². The minimum Gasteiger partial charge on any atom is -0.480 e. The quantitative estimate of drug-likeness (QED) is 0.807. The number of likely N-dealkylation sites (tertiary alicyclic amines) is 1. The normalized spacial score (nSPS) is 24.8. The molecule has 0 unspecified atom stereocenters. The molecule has 1 aliphatic rings. The Morgan fingerprint density at radius 1 is 1.35 bits per heavy atom. The summed E-state index contributed by atoms with van der Waals surface area (Å²) in [4.78, 5) is 24.5. The van der Waals surface area contributed by atoms with Gasteiger partial charge < -0.3 is 9.84 Å². The molecule has 1 aliphatic heterocycles. The van der Waals surface area contributed by atoms with Crippen molar-refractivity contribution in [2.75, 3.05) is 0 Å². The smallest absolute Gasteiger partial charge is 0.411 e. The fourth-order valence-corrected chi connectivity index (χ4v) is 2.12. The molecular formula is C12H21NO4. The summed E-state index contributed by atoms with van der Waals surface area (Å²) in [5.74, 6) is -0.952. The molecule has 1 heterocycles. The Bertz CT molecular complexity index is 308. The van der Waals surface area contributed by atoms with Crippen molar-refractivity contribution in [3.63, 3.8) is 0 Å². The Kier molecular flexibility index (Phi) is 4.01. The molecule has 5 heteroatoms. The predicted molar refractivity (Wildman–Crippen MR) is 62.8 cm³/mol. The number of carbonyl (C=O) groups excluding carboxylic acids is 1. The number of nitrogens with zero attached hydrogens (tertiary/aromatic N) is 1. The molecule has 5 nitrogen and oxygen atoms in total. The van der Waals surface area contributed by atoms with E-state index in [0.717, 1.165) is 12.8 Å². The number of hydrogen-bond acceptors (Lipinski definition) is 3. The van der Waals surface area contributed by atoms with Crippen molar-refractivity contribution in [2.24, 2.45) is 0 Å². The van der Waals surface area contributed by atoms with E-state index in [-0.39, 0.29) is 6.04 Å². The first kappa shape index (κ1) is 13.8. The van der Waals surface area contributed by atoms with Crippen molar-refractivity contribution in [1.29, 1.82) is 0 Å². The molecule has 1 rings (SSSR count). The summed E-state index contributed by atoms with van der Waals surface area (Å²) in [5, 5.41) is 9.09. The van der Waals surface area contributed by atoms with Gasteiger partial charge in [-0.25, -0.2) is 9.59 Å². The van der Waals surface area contributed by atoms with Gasteiger partial charge in [0.05, 0.1) is 0 Å². The number of carboxylic acid groups (broad SMARTS) is 1. The molecular weight excluding hydrogens is 222 g/mol. The van der Waals surface area contributed by atoms with Crippen LogP contribution < -0.4 is 0 Å². The van der Waals surface area contributed by atoms with Crippen LogP contribution in [-0.4, -0.2) is 39.8 Å². The minimum atomic E-state index is -0.952. The zero-order valence-corrected chi connectivity index (χ0v) is 10.9. The van der Waals surface area contributed by atoms with Crippen LogP contribution >= 0.6 is 0 Å². The van der Waals surface area contributed by atoms with E-state index in [1.165, 1.54) is 4.90 Å². The largest absolute Gasteiger partial charge is 0.480 e. The van der Waals surface area contributed by atoms with Crippen molar-refractivity contribution in [3.05, 3.63) is 0 Å². The van der Waals surface area contributed by atoms with Gasteiger partial charge >= 0.3 is 12.1 Å². The van der Waals surface area contributed by atoms with Gasteiger partial charge in [-0.2, -0.15) is 0 Å². The third-order valence-electron chi connectivity index (χ3n) is 2.86. The van der Waals surface area contributed by atoms with Crippen molar-refractivity contribution < 1.29 is 19.4 Å². The molecule has 0 spiro atoms. The third-order valence-corrected chi connectivity index (χ3v) is 2.86. The lowest BCUT2D eigenvalue weighted by Crippen LogP contribution is -2.47. The van der Waals surface area contributed by atoms with E-state index in [1.807, 2.05) is 6.92 Å². The van der Waals surface area contributed by atoms with Gasteiger partial charge in [0, 0.05) is 6.04 Å². The van der Waals surface area contributed by atoms with Gasteiger partial charge in [-0.1, -0.05) is 6.92 Å². The van der Waals surface area contributed by atoms with Crippen LogP contribution in [0.15, 0.2) is 0 Å². The lowest BCUT2D eigenvalue weighted by Gasteiger charge is -2.30. The van der Waals surface area contributed by atoms with Crippen LogP contribution in [0.3, 0.4) is 0 Å². The van der Waals surface area contributed by atoms with Crippen molar-refractivity contribution in [1.82, 2.24) is 4.90 Å². The van der Waals surface area contributed by atoms with E-state index in [4.69, 9.17) is 9.84 Å². The second kappa shape index (κ2) is 4.94. The predicted octanol–water partition coefficient (Wildman–Crippen LogP) is 2.25. The maximum Gasteiger partial charge on any atom is 0.411 e. The second-order valence-corrected chi connectivity index (χ2v) is 5.38. The monoisotopic (exact) mass is 243 g/mol. The van der Waals surface area contributed by atoms with E-state index >= 15 is 0 Å². The Labute approximate surface area is 102 Å². The van der Waals surface area contributed by atoms with E-state index < -0.39 is 23.7 Å². The van der Waals surface area contributed by atoms with Gasteiger partial charge in [0.25, 0.3) is 0 Å². The SMILES string of the molecule is CC[C@@H]1CC[C@H](C(=O)O)N1C(=O)OC(C)(C)C. The molecule has 0 saturated carbocycles. The molecule has 1 amide bonds. The lowest BCUT2D eigenvalue weighted by atomic mass is 10.1.